The highest BCUT2D eigenvalue weighted by Crippen LogP contribution is 2.36. The molecule has 2 heteroatoms. The molecule has 0 spiro atoms. The number of fused-ring (bicyclic) bond motifs is 2. The summed E-state index contributed by atoms with van der Waals surface area (Å²) in [6, 6.07) is 17.3. The number of para-hydroxylation sites is 2. The first-order valence-corrected chi connectivity index (χ1v) is 8.24. The van der Waals surface area contributed by atoms with E-state index < -0.39 is 0 Å². The fraction of sp³-hybridized carbons (Fsp3) is 0.300. The van der Waals surface area contributed by atoms with Crippen LogP contribution in [0.4, 0.5) is 11.4 Å². The van der Waals surface area contributed by atoms with Crippen LogP contribution in [0.2, 0.25) is 0 Å². The molecule has 0 unspecified atom stereocenters. The van der Waals surface area contributed by atoms with E-state index >= 15 is 0 Å². The molecule has 0 fully saturated rings. The van der Waals surface area contributed by atoms with Crippen LogP contribution >= 0.6 is 0 Å². The van der Waals surface area contributed by atoms with Crippen molar-refractivity contribution in [3.63, 3.8) is 0 Å². The van der Waals surface area contributed by atoms with E-state index in [9.17, 15) is 0 Å². The summed E-state index contributed by atoms with van der Waals surface area (Å²) in [5, 5.41) is 0. The third-order valence-corrected chi connectivity index (χ3v) is 4.23. The van der Waals surface area contributed by atoms with Crippen LogP contribution in [0.5, 0.6) is 0 Å². The summed E-state index contributed by atoms with van der Waals surface area (Å²) in [6.45, 7) is 1.86. The summed E-state index contributed by atoms with van der Waals surface area (Å²) < 4.78 is 0. The molecule has 2 N–H and O–H groups in total. The zero-order valence-electron chi connectivity index (χ0n) is 13.0. The van der Waals surface area contributed by atoms with E-state index in [1.165, 1.54) is 41.8 Å². The van der Waals surface area contributed by atoms with Gasteiger partial charge < -0.3 is 10.6 Å². The Hall–Kier alpha value is -2.06. The van der Waals surface area contributed by atoms with Crippen molar-refractivity contribution in [3.8, 4) is 0 Å². The molecular weight excluding hydrogens is 268 g/mol. The van der Waals surface area contributed by atoms with E-state index in [0.29, 0.717) is 0 Å². The van der Waals surface area contributed by atoms with Crippen molar-refractivity contribution in [1.82, 2.24) is 0 Å². The molecule has 2 aromatic carbocycles. The Kier molecular flexibility index (Phi) is 4.92. The summed E-state index contributed by atoms with van der Waals surface area (Å²) in [6.07, 6.45) is 9.25. The molecule has 3 rings (SSSR count). The maximum atomic E-state index is 5.58. The van der Waals surface area contributed by atoms with Crippen LogP contribution < -0.4 is 10.6 Å². The van der Waals surface area contributed by atoms with Crippen molar-refractivity contribution in [2.75, 3.05) is 18.0 Å². The van der Waals surface area contributed by atoms with Gasteiger partial charge in [-0.05, 0) is 42.6 Å². The Morgan fingerprint density at radius 1 is 0.682 bits per heavy atom. The van der Waals surface area contributed by atoms with E-state index in [4.69, 9.17) is 5.73 Å². The van der Waals surface area contributed by atoms with E-state index in [2.05, 4.69) is 65.6 Å². The Labute approximate surface area is 133 Å². The Bertz CT molecular complexity index is 596. The number of rotatable bonds is 6. The standard InChI is InChI=1S/C20H24N2/c21-15-7-1-2-8-16-22-19-11-5-3-9-17(19)13-14-18-10-4-6-12-20(18)22/h3-6,9-14H,1-2,7-8,15-16,21H2. The van der Waals surface area contributed by atoms with Crippen LogP contribution in [0.25, 0.3) is 12.2 Å². The van der Waals surface area contributed by atoms with Gasteiger partial charge in [0.25, 0.3) is 0 Å². The number of nitrogens with two attached hydrogens (primary N) is 1. The molecule has 1 aliphatic heterocycles. The lowest BCUT2D eigenvalue weighted by atomic mass is 10.1. The Balaban J connectivity index is 1.85. The first-order chi connectivity index (χ1) is 10.9. The molecule has 0 saturated heterocycles. The SMILES string of the molecule is NCCCCCCN1c2ccccc2C=Cc2ccccc21. The van der Waals surface area contributed by atoms with Crippen LogP contribution in [-0.4, -0.2) is 13.1 Å². The zero-order chi connectivity index (χ0) is 15.2. The van der Waals surface area contributed by atoms with Gasteiger partial charge in [-0.1, -0.05) is 61.4 Å². The second kappa shape index (κ2) is 7.28. The highest BCUT2D eigenvalue weighted by molar-refractivity contribution is 5.88. The Morgan fingerprint density at radius 2 is 1.23 bits per heavy atom. The van der Waals surface area contributed by atoms with Gasteiger partial charge in [-0.15, -0.1) is 0 Å². The molecular formula is C20H24N2. The number of benzene rings is 2. The van der Waals surface area contributed by atoms with Gasteiger partial charge >= 0.3 is 0 Å². The number of hydrogen-bond acceptors (Lipinski definition) is 2. The van der Waals surface area contributed by atoms with E-state index in [1.807, 2.05) is 0 Å². The summed E-state index contributed by atoms with van der Waals surface area (Å²) in [7, 11) is 0. The molecule has 22 heavy (non-hydrogen) atoms. The fourth-order valence-corrected chi connectivity index (χ4v) is 3.07. The summed E-state index contributed by atoms with van der Waals surface area (Å²) in [5.41, 5.74) is 10.8. The molecule has 0 bridgehead atoms. The van der Waals surface area contributed by atoms with Crippen LogP contribution in [0.3, 0.4) is 0 Å². The molecule has 1 heterocycles. The maximum Gasteiger partial charge on any atom is 0.0484 e. The van der Waals surface area contributed by atoms with E-state index in [0.717, 1.165) is 19.5 Å². The van der Waals surface area contributed by atoms with Gasteiger partial charge in [0.15, 0.2) is 0 Å². The molecule has 114 valence electrons. The van der Waals surface area contributed by atoms with Gasteiger partial charge in [-0.2, -0.15) is 0 Å². The lowest BCUT2D eigenvalue weighted by Gasteiger charge is -2.27. The van der Waals surface area contributed by atoms with Crippen molar-refractivity contribution in [1.29, 1.82) is 0 Å². The first kappa shape index (κ1) is 14.9. The largest absolute Gasteiger partial charge is 0.341 e. The third-order valence-electron chi connectivity index (χ3n) is 4.23. The average molecular weight is 292 g/mol. The average Bonchev–Trinajstić information content (AvgIpc) is 2.72. The van der Waals surface area contributed by atoms with Crippen molar-refractivity contribution in [3.05, 3.63) is 59.7 Å². The zero-order valence-corrected chi connectivity index (χ0v) is 13.0. The first-order valence-electron chi connectivity index (χ1n) is 8.24. The number of nitrogens with zero attached hydrogens (tertiary/aromatic N) is 1. The molecule has 0 atom stereocenters. The molecule has 0 amide bonds. The van der Waals surface area contributed by atoms with Gasteiger partial charge in [0, 0.05) is 17.9 Å². The summed E-state index contributed by atoms with van der Waals surface area (Å²) >= 11 is 0. The van der Waals surface area contributed by atoms with Crippen molar-refractivity contribution in [2.45, 2.75) is 25.7 Å². The topological polar surface area (TPSA) is 29.3 Å². The van der Waals surface area contributed by atoms with Crippen molar-refractivity contribution < 1.29 is 0 Å². The minimum absolute atomic E-state index is 0.805. The lowest BCUT2D eigenvalue weighted by Crippen LogP contribution is -2.19. The Morgan fingerprint density at radius 3 is 1.82 bits per heavy atom. The molecule has 0 radical (unpaired) electrons. The molecule has 2 nitrogen and oxygen atoms in total. The van der Waals surface area contributed by atoms with Gasteiger partial charge in [0.2, 0.25) is 0 Å². The van der Waals surface area contributed by atoms with Crippen molar-refractivity contribution in [2.24, 2.45) is 5.73 Å². The highest BCUT2D eigenvalue weighted by Gasteiger charge is 2.16. The predicted octanol–water partition coefficient (Wildman–Crippen LogP) is 4.83. The van der Waals surface area contributed by atoms with Crippen LogP contribution in [-0.2, 0) is 0 Å². The highest BCUT2D eigenvalue weighted by atomic mass is 15.1. The van der Waals surface area contributed by atoms with Gasteiger partial charge in [0.1, 0.15) is 0 Å². The fourth-order valence-electron chi connectivity index (χ4n) is 3.07. The molecule has 0 aliphatic carbocycles. The quantitative estimate of drug-likeness (QED) is 0.773. The monoisotopic (exact) mass is 292 g/mol. The van der Waals surface area contributed by atoms with Gasteiger partial charge in [0.05, 0.1) is 0 Å². The molecule has 2 aromatic rings. The lowest BCUT2D eigenvalue weighted by molar-refractivity contribution is 0.648. The van der Waals surface area contributed by atoms with E-state index in [-0.39, 0.29) is 0 Å². The third kappa shape index (κ3) is 3.23. The van der Waals surface area contributed by atoms with Crippen LogP contribution in [0, 0.1) is 0 Å². The van der Waals surface area contributed by atoms with Gasteiger partial charge in [-0.3, -0.25) is 0 Å². The second-order valence-electron chi connectivity index (χ2n) is 5.81. The van der Waals surface area contributed by atoms with Crippen LogP contribution in [0.1, 0.15) is 36.8 Å². The number of unbranched alkanes of at least 4 members (excludes halogenated alkanes) is 3. The second-order valence-corrected chi connectivity index (χ2v) is 5.81. The molecule has 0 saturated carbocycles. The van der Waals surface area contributed by atoms with Crippen LogP contribution in [0.15, 0.2) is 48.5 Å². The summed E-state index contributed by atoms with van der Waals surface area (Å²) in [4.78, 5) is 2.47. The number of anilines is 2. The maximum absolute atomic E-state index is 5.58. The smallest absolute Gasteiger partial charge is 0.0484 e. The minimum Gasteiger partial charge on any atom is -0.341 e. The normalized spacial score (nSPS) is 12.7. The molecule has 1 aliphatic rings. The predicted molar refractivity (Wildman–Crippen MR) is 96.3 cm³/mol. The number of hydrogen-bond donors (Lipinski definition) is 1. The van der Waals surface area contributed by atoms with E-state index in [1.54, 1.807) is 0 Å². The minimum atomic E-state index is 0.805. The van der Waals surface area contributed by atoms with Gasteiger partial charge in [-0.25, -0.2) is 0 Å². The molecule has 0 aromatic heterocycles. The summed E-state index contributed by atoms with van der Waals surface area (Å²) in [5.74, 6) is 0. The van der Waals surface area contributed by atoms with Crippen molar-refractivity contribution >= 4 is 23.5 Å².